The van der Waals surface area contributed by atoms with Crippen LogP contribution in [0.1, 0.15) is 54.1 Å². The lowest BCUT2D eigenvalue weighted by Crippen LogP contribution is -2.38. The van der Waals surface area contributed by atoms with E-state index in [9.17, 15) is 18.0 Å². The SMILES string of the molecule is Cc1cc(C(=O)Nc2cccc(NC(=O)C3CC3)c2)cc(S(=O)(=O)N2CCC(C)CC2)c1C. The lowest BCUT2D eigenvalue weighted by atomic mass is 10.0. The summed E-state index contributed by atoms with van der Waals surface area (Å²) in [6, 6.07) is 10.1. The fourth-order valence-electron chi connectivity index (χ4n) is 4.06. The van der Waals surface area contributed by atoms with Crippen molar-refractivity contribution in [2.45, 2.75) is 51.3 Å². The number of carbonyl (C=O) groups excluding carboxylic acids is 2. The third-order valence-electron chi connectivity index (χ3n) is 6.58. The third-order valence-corrected chi connectivity index (χ3v) is 8.60. The number of amides is 2. The van der Waals surface area contributed by atoms with Crippen LogP contribution in [0.2, 0.25) is 0 Å². The average molecular weight is 470 g/mol. The molecule has 2 aliphatic rings. The predicted octanol–water partition coefficient (Wildman–Crippen LogP) is 4.32. The van der Waals surface area contributed by atoms with Crippen molar-refractivity contribution in [1.29, 1.82) is 0 Å². The highest BCUT2D eigenvalue weighted by Gasteiger charge is 2.31. The average Bonchev–Trinajstić information content (AvgIpc) is 3.61. The molecule has 176 valence electrons. The fraction of sp³-hybridized carbons (Fsp3) is 0.440. The molecule has 0 bridgehead atoms. The number of rotatable bonds is 6. The van der Waals surface area contributed by atoms with E-state index in [0.29, 0.717) is 35.9 Å². The van der Waals surface area contributed by atoms with Crippen LogP contribution >= 0.6 is 0 Å². The molecule has 1 saturated heterocycles. The molecule has 33 heavy (non-hydrogen) atoms. The van der Waals surface area contributed by atoms with E-state index in [1.807, 2.05) is 6.92 Å². The van der Waals surface area contributed by atoms with Crippen LogP contribution in [0.15, 0.2) is 41.3 Å². The molecule has 0 radical (unpaired) electrons. The van der Waals surface area contributed by atoms with Crippen LogP contribution in [0.4, 0.5) is 11.4 Å². The molecule has 2 fully saturated rings. The van der Waals surface area contributed by atoms with Gasteiger partial charge in [-0.1, -0.05) is 13.0 Å². The second-order valence-electron chi connectivity index (χ2n) is 9.30. The fourth-order valence-corrected chi connectivity index (χ4v) is 5.85. The van der Waals surface area contributed by atoms with Crippen LogP contribution in [-0.4, -0.2) is 37.6 Å². The summed E-state index contributed by atoms with van der Waals surface area (Å²) in [5, 5.41) is 5.70. The van der Waals surface area contributed by atoms with Crippen molar-refractivity contribution in [3.63, 3.8) is 0 Å². The minimum absolute atomic E-state index is 0.00501. The van der Waals surface area contributed by atoms with E-state index in [-0.39, 0.29) is 22.3 Å². The standard InChI is InChI=1S/C25H31N3O4S/c1-16-9-11-28(12-10-16)33(31,32)23-14-20(13-17(2)18(23)3)25(30)27-22-6-4-5-21(15-22)26-24(29)19-7-8-19/h4-6,13-16,19H,7-12H2,1-3H3,(H,26,29)(H,27,30). The van der Waals surface area contributed by atoms with Gasteiger partial charge in [-0.05, 0) is 86.9 Å². The third kappa shape index (κ3) is 5.28. The molecule has 1 saturated carbocycles. The number of benzene rings is 2. The zero-order chi connectivity index (χ0) is 23.8. The number of nitrogens with one attached hydrogen (secondary N) is 2. The maximum atomic E-state index is 13.4. The van der Waals surface area contributed by atoms with Gasteiger partial charge in [-0.2, -0.15) is 4.31 Å². The second-order valence-corrected chi connectivity index (χ2v) is 11.2. The molecule has 0 aromatic heterocycles. The quantitative estimate of drug-likeness (QED) is 0.658. The molecule has 2 aromatic carbocycles. The summed E-state index contributed by atoms with van der Waals surface area (Å²) in [4.78, 5) is 25.2. The van der Waals surface area contributed by atoms with Gasteiger partial charge in [-0.25, -0.2) is 8.42 Å². The van der Waals surface area contributed by atoms with E-state index in [0.717, 1.165) is 31.2 Å². The summed E-state index contributed by atoms with van der Waals surface area (Å²) in [5.41, 5.74) is 2.84. The Balaban J connectivity index is 1.55. The van der Waals surface area contributed by atoms with Crippen molar-refractivity contribution in [2.24, 2.45) is 11.8 Å². The maximum Gasteiger partial charge on any atom is 0.255 e. The molecule has 0 spiro atoms. The highest BCUT2D eigenvalue weighted by Crippen LogP contribution is 2.31. The second kappa shape index (κ2) is 9.27. The first-order valence-corrected chi connectivity index (χ1v) is 12.9. The number of anilines is 2. The van der Waals surface area contributed by atoms with Crippen molar-refractivity contribution in [1.82, 2.24) is 4.31 Å². The van der Waals surface area contributed by atoms with Gasteiger partial charge < -0.3 is 10.6 Å². The summed E-state index contributed by atoms with van der Waals surface area (Å²) < 4.78 is 28.3. The van der Waals surface area contributed by atoms with Crippen molar-refractivity contribution < 1.29 is 18.0 Å². The van der Waals surface area contributed by atoms with Crippen molar-refractivity contribution in [3.8, 4) is 0 Å². The molecule has 1 heterocycles. The molecule has 1 aliphatic heterocycles. The van der Waals surface area contributed by atoms with E-state index in [1.165, 1.54) is 10.4 Å². The number of nitrogens with zero attached hydrogens (tertiary/aromatic N) is 1. The summed E-state index contributed by atoms with van der Waals surface area (Å²) in [5.74, 6) is 0.200. The van der Waals surface area contributed by atoms with E-state index >= 15 is 0 Å². The van der Waals surface area contributed by atoms with Gasteiger partial charge in [0.25, 0.3) is 5.91 Å². The van der Waals surface area contributed by atoms with Crippen LogP contribution < -0.4 is 10.6 Å². The number of aryl methyl sites for hydroxylation is 1. The molecule has 2 N–H and O–H groups in total. The van der Waals surface area contributed by atoms with E-state index in [4.69, 9.17) is 0 Å². The molecule has 2 amide bonds. The van der Waals surface area contributed by atoms with Gasteiger partial charge in [0.1, 0.15) is 0 Å². The lowest BCUT2D eigenvalue weighted by Gasteiger charge is -2.30. The summed E-state index contributed by atoms with van der Waals surface area (Å²) >= 11 is 0. The predicted molar refractivity (Wildman–Crippen MR) is 129 cm³/mol. The van der Waals surface area contributed by atoms with Crippen molar-refractivity contribution >= 4 is 33.2 Å². The molecule has 1 aliphatic carbocycles. The summed E-state index contributed by atoms with van der Waals surface area (Å²) in [6.45, 7) is 6.73. The van der Waals surface area contributed by atoms with Crippen molar-refractivity contribution in [2.75, 3.05) is 23.7 Å². The first kappa shape index (κ1) is 23.4. The van der Waals surface area contributed by atoms with Crippen LogP contribution in [0.5, 0.6) is 0 Å². The molecule has 2 aromatic rings. The van der Waals surface area contributed by atoms with Crippen molar-refractivity contribution in [3.05, 3.63) is 53.1 Å². The first-order chi connectivity index (χ1) is 15.6. The van der Waals surface area contributed by atoms with E-state index < -0.39 is 15.9 Å². The topological polar surface area (TPSA) is 95.6 Å². The highest BCUT2D eigenvalue weighted by atomic mass is 32.2. The smallest absolute Gasteiger partial charge is 0.255 e. The summed E-state index contributed by atoms with van der Waals surface area (Å²) in [7, 11) is -3.68. The van der Waals surface area contributed by atoms with Crippen LogP contribution in [0.3, 0.4) is 0 Å². The molecule has 0 unspecified atom stereocenters. The Bertz CT molecular complexity index is 1180. The summed E-state index contributed by atoms with van der Waals surface area (Å²) in [6.07, 6.45) is 3.50. The van der Waals surface area contributed by atoms with Crippen LogP contribution in [-0.2, 0) is 14.8 Å². The Labute approximate surface area is 195 Å². The molecular formula is C25H31N3O4S. The van der Waals surface area contributed by atoms with Gasteiger partial charge in [-0.15, -0.1) is 0 Å². The maximum absolute atomic E-state index is 13.4. The molecule has 7 nitrogen and oxygen atoms in total. The van der Waals surface area contributed by atoms with Crippen LogP contribution in [0.25, 0.3) is 0 Å². The zero-order valence-corrected chi connectivity index (χ0v) is 20.2. The molecule has 8 heteroatoms. The van der Waals surface area contributed by atoms with Gasteiger partial charge in [0, 0.05) is 35.9 Å². The lowest BCUT2D eigenvalue weighted by molar-refractivity contribution is -0.117. The number of sulfonamides is 1. The Kier molecular flexibility index (Phi) is 6.59. The number of hydrogen-bond acceptors (Lipinski definition) is 4. The van der Waals surface area contributed by atoms with E-state index in [1.54, 1.807) is 37.3 Å². The monoisotopic (exact) mass is 469 g/mol. The molecule has 4 rings (SSSR count). The van der Waals surface area contributed by atoms with Gasteiger partial charge in [0.05, 0.1) is 4.90 Å². The van der Waals surface area contributed by atoms with Gasteiger partial charge >= 0.3 is 0 Å². The van der Waals surface area contributed by atoms with Gasteiger partial charge in [0.15, 0.2) is 0 Å². The van der Waals surface area contributed by atoms with Crippen LogP contribution in [0, 0.1) is 25.7 Å². The largest absolute Gasteiger partial charge is 0.326 e. The number of carbonyl (C=O) groups is 2. The number of hydrogen-bond donors (Lipinski definition) is 2. The zero-order valence-electron chi connectivity index (χ0n) is 19.3. The Morgan fingerprint density at radius 3 is 2.21 bits per heavy atom. The van der Waals surface area contributed by atoms with E-state index in [2.05, 4.69) is 17.6 Å². The van der Waals surface area contributed by atoms with Gasteiger partial charge in [0.2, 0.25) is 15.9 Å². The molecule has 0 atom stereocenters. The number of piperidine rings is 1. The molecular weight excluding hydrogens is 438 g/mol. The highest BCUT2D eigenvalue weighted by molar-refractivity contribution is 7.89. The Morgan fingerprint density at radius 1 is 0.939 bits per heavy atom. The van der Waals surface area contributed by atoms with Gasteiger partial charge in [-0.3, -0.25) is 9.59 Å². The Morgan fingerprint density at radius 2 is 1.58 bits per heavy atom. The normalized spacial score (nSPS) is 17.5. The first-order valence-electron chi connectivity index (χ1n) is 11.5. The Hall–Kier alpha value is -2.71. The minimum atomic E-state index is -3.68. The minimum Gasteiger partial charge on any atom is -0.326 e.